The van der Waals surface area contributed by atoms with Crippen LogP contribution in [0.1, 0.15) is 27.2 Å². The second kappa shape index (κ2) is 4.74. The van der Waals surface area contributed by atoms with Crippen molar-refractivity contribution in [1.82, 2.24) is 5.32 Å². The Kier molecular flexibility index (Phi) is 4.33. The summed E-state index contributed by atoms with van der Waals surface area (Å²) in [5.74, 6) is -0.606. The zero-order valence-electron chi connectivity index (χ0n) is 7.76. The monoisotopic (exact) mass is 172 g/mol. The summed E-state index contributed by atoms with van der Waals surface area (Å²) in [6, 6.07) is -0.535. The third-order valence-corrected chi connectivity index (χ3v) is 1.88. The summed E-state index contributed by atoms with van der Waals surface area (Å²) in [5.41, 5.74) is 5.11. The average Bonchev–Trinajstić information content (AvgIpc) is 1.98. The van der Waals surface area contributed by atoms with Gasteiger partial charge in [-0.3, -0.25) is 9.59 Å². The summed E-state index contributed by atoms with van der Waals surface area (Å²) in [5, 5.41) is 2.52. The van der Waals surface area contributed by atoms with Gasteiger partial charge in [-0.05, 0) is 5.92 Å². The fraction of sp³-hybridized carbons (Fsp3) is 0.750. The number of primary amides is 1. The van der Waals surface area contributed by atoms with Crippen molar-refractivity contribution in [3.05, 3.63) is 0 Å². The molecule has 0 aromatic carbocycles. The van der Waals surface area contributed by atoms with Gasteiger partial charge in [0.05, 0.1) is 0 Å². The fourth-order valence-electron chi connectivity index (χ4n) is 0.948. The lowest BCUT2D eigenvalue weighted by molar-refractivity contribution is -0.127. The molecule has 0 saturated carbocycles. The minimum absolute atomic E-state index is 0.0893. The summed E-state index contributed by atoms with van der Waals surface area (Å²) >= 11 is 0. The van der Waals surface area contributed by atoms with Crippen LogP contribution < -0.4 is 11.1 Å². The normalized spacial score (nSPS) is 14.9. The van der Waals surface area contributed by atoms with Crippen LogP contribution in [0, 0.1) is 5.92 Å². The molecular formula is C8H16N2O2. The van der Waals surface area contributed by atoms with E-state index < -0.39 is 11.9 Å². The number of carbonyl (C=O) groups is 2. The van der Waals surface area contributed by atoms with Gasteiger partial charge in [0.25, 0.3) is 0 Å². The number of hydrogen-bond acceptors (Lipinski definition) is 2. The highest BCUT2D eigenvalue weighted by atomic mass is 16.2. The summed E-state index contributed by atoms with van der Waals surface area (Å²) in [7, 11) is 0. The van der Waals surface area contributed by atoms with Crippen molar-refractivity contribution in [2.45, 2.75) is 33.2 Å². The summed E-state index contributed by atoms with van der Waals surface area (Å²) < 4.78 is 0. The Labute approximate surface area is 72.5 Å². The largest absolute Gasteiger partial charge is 0.368 e. The Bertz CT molecular complexity index is 180. The average molecular weight is 172 g/mol. The Morgan fingerprint density at radius 2 is 2.00 bits per heavy atom. The quantitative estimate of drug-likeness (QED) is 0.627. The Hall–Kier alpha value is -1.06. The first-order chi connectivity index (χ1) is 5.49. The van der Waals surface area contributed by atoms with E-state index in [2.05, 4.69) is 5.32 Å². The van der Waals surface area contributed by atoms with Crippen molar-refractivity contribution in [2.24, 2.45) is 11.7 Å². The van der Waals surface area contributed by atoms with Gasteiger partial charge in [-0.15, -0.1) is 0 Å². The minimum atomic E-state index is -0.535. The molecule has 0 bridgehead atoms. The molecule has 0 aromatic rings. The van der Waals surface area contributed by atoms with Crippen molar-refractivity contribution in [3.8, 4) is 0 Å². The fourth-order valence-corrected chi connectivity index (χ4v) is 0.948. The summed E-state index contributed by atoms with van der Waals surface area (Å²) in [6.07, 6.45) is 0.813. The second-order valence-corrected chi connectivity index (χ2v) is 2.97. The molecule has 0 aromatic heterocycles. The number of carbonyl (C=O) groups excluding carboxylic acids is 2. The summed E-state index contributed by atoms with van der Waals surface area (Å²) in [6.45, 7) is 5.20. The summed E-state index contributed by atoms with van der Waals surface area (Å²) in [4.78, 5) is 21.5. The smallest absolute Gasteiger partial charge is 0.240 e. The van der Waals surface area contributed by atoms with Crippen LogP contribution >= 0.6 is 0 Å². The molecule has 0 unspecified atom stereocenters. The second-order valence-electron chi connectivity index (χ2n) is 2.97. The van der Waals surface area contributed by atoms with Crippen LogP contribution in [0.25, 0.3) is 0 Å². The van der Waals surface area contributed by atoms with Crippen molar-refractivity contribution in [3.63, 3.8) is 0 Å². The zero-order valence-corrected chi connectivity index (χ0v) is 7.76. The van der Waals surface area contributed by atoms with Crippen LogP contribution in [0.5, 0.6) is 0 Å². The van der Waals surface area contributed by atoms with E-state index in [-0.39, 0.29) is 11.8 Å². The third kappa shape index (κ3) is 3.37. The molecule has 12 heavy (non-hydrogen) atoms. The SMILES string of the molecule is CC[C@@H](C)[C@H](NC(C)=O)C(N)=O. The first-order valence-electron chi connectivity index (χ1n) is 4.05. The van der Waals surface area contributed by atoms with Gasteiger partial charge in [0.2, 0.25) is 11.8 Å². The van der Waals surface area contributed by atoms with Crippen molar-refractivity contribution in [1.29, 1.82) is 0 Å². The van der Waals surface area contributed by atoms with E-state index in [1.54, 1.807) is 0 Å². The lowest BCUT2D eigenvalue weighted by Crippen LogP contribution is -2.47. The maximum Gasteiger partial charge on any atom is 0.240 e. The van der Waals surface area contributed by atoms with Crippen LogP contribution in [0.4, 0.5) is 0 Å². The van der Waals surface area contributed by atoms with Gasteiger partial charge in [0, 0.05) is 6.92 Å². The van der Waals surface area contributed by atoms with E-state index in [1.165, 1.54) is 6.92 Å². The lowest BCUT2D eigenvalue weighted by atomic mass is 9.99. The molecule has 3 N–H and O–H groups in total. The van der Waals surface area contributed by atoms with Crippen LogP contribution in [0.3, 0.4) is 0 Å². The molecule has 4 heteroatoms. The molecule has 0 aliphatic carbocycles. The molecular weight excluding hydrogens is 156 g/mol. The molecule has 70 valence electrons. The topological polar surface area (TPSA) is 72.2 Å². The minimum Gasteiger partial charge on any atom is -0.368 e. The molecule has 2 atom stereocenters. The van der Waals surface area contributed by atoms with Gasteiger partial charge in [0.1, 0.15) is 6.04 Å². The Balaban J connectivity index is 4.22. The van der Waals surface area contributed by atoms with Crippen LogP contribution in [0.2, 0.25) is 0 Å². The molecule has 0 fully saturated rings. The van der Waals surface area contributed by atoms with Gasteiger partial charge in [-0.25, -0.2) is 0 Å². The first kappa shape index (κ1) is 10.9. The van der Waals surface area contributed by atoms with Gasteiger partial charge in [0.15, 0.2) is 0 Å². The molecule has 2 amide bonds. The van der Waals surface area contributed by atoms with E-state index in [1.807, 2.05) is 13.8 Å². The maximum atomic E-state index is 10.8. The number of nitrogens with one attached hydrogen (secondary N) is 1. The van der Waals surface area contributed by atoms with Crippen LogP contribution in [0.15, 0.2) is 0 Å². The molecule has 0 radical (unpaired) electrons. The van der Waals surface area contributed by atoms with E-state index in [0.717, 1.165) is 6.42 Å². The van der Waals surface area contributed by atoms with Crippen LogP contribution in [-0.2, 0) is 9.59 Å². The van der Waals surface area contributed by atoms with Gasteiger partial charge >= 0.3 is 0 Å². The maximum absolute atomic E-state index is 10.8. The highest BCUT2D eigenvalue weighted by Gasteiger charge is 2.21. The van der Waals surface area contributed by atoms with Crippen molar-refractivity contribution < 1.29 is 9.59 Å². The number of amides is 2. The standard InChI is InChI=1S/C8H16N2O2/c1-4-5(2)7(8(9)12)10-6(3)11/h5,7H,4H2,1-3H3,(H2,9,12)(H,10,11)/t5-,7+/m1/s1. The highest BCUT2D eigenvalue weighted by molar-refractivity contribution is 5.85. The molecule has 0 aliphatic rings. The molecule has 4 nitrogen and oxygen atoms in total. The molecule has 0 saturated heterocycles. The Morgan fingerprint density at radius 3 is 2.25 bits per heavy atom. The zero-order chi connectivity index (χ0) is 9.72. The van der Waals surface area contributed by atoms with E-state index in [4.69, 9.17) is 5.73 Å². The van der Waals surface area contributed by atoms with Crippen molar-refractivity contribution >= 4 is 11.8 Å². The predicted molar refractivity (Wildman–Crippen MR) is 46.3 cm³/mol. The number of hydrogen-bond donors (Lipinski definition) is 2. The number of nitrogens with two attached hydrogens (primary N) is 1. The van der Waals surface area contributed by atoms with Crippen molar-refractivity contribution in [2.75, 3.05) is 0 Å². The van der Waals surface area contributed by atoms with Crippen LogP contribution in [-0.4, -0.2) is 17.9 Å². The molecule has 0 heterocycles. The van der Waals surface area contributed by atoms with E-state index in [0.29, 0.717) is 0 Å². The lowest BCUT2D eigenvalue weighted by Gasteiger charge is -2.19. The Morgan fingerprint density at radius 1 is 1.50 bits per heavy atom. The highest BCUT2D eigenvalue weighted by Crippen LogP contribution is 2.06. The number of rotatable bonds is 4. The molecule has 0 aliphatic heterocycles. The molecule has 0 spiro atoms. The van der Waals surface area contributed by atoms with E-state index >= 15 is 0 Å². The van der Waals surface area contributed by atoms with E-state index in [9.17, 15) is 9.59 Å². The predicted octanol–water partition coefficient (Wildman–Crippen LogP) is 0.0225. The molecule has 0 rings (SSSR count). The van der Waals surface area contributed by atoms with Gasteiger partial charge in [-0.2, -0.15) is 0 Å². The third-order valence-electron chi connectivity index (χ3n) is 1.88. The first-order valence-corrected chi connectivity index (χ1v) is 4.05. The van der Waals surface area contributed by atoms with Gasteiger partial charge < -0.3 is 11.1 Å². The van der Waals surface area contributed by atoms with Gasteiger partial charge in [-0.1, -0.05) is 20.3 Å².